The summed E-state index contributed by atoms with van der Waals surface area (Å²) in [6.07, 6.45) is 3.98. The third kappa shape index (κ3) is 3.47. The van der Waals surface area contributed by atoms with E-state index in [2.05, 4.69) is 42.7 Å². The zero-order valence-electron chi connectivity index (χ0n) is 11.1. The summed E-state index contributed by atoms with van der Waals surface area (Å²) in [5, 5.41) is 7.03. The summed E-state index contributed by atoms with van der Waals surface area (Å²) in [5.41, 5.74) is 4.05. The SMILES string of the molecule is Cc1cccc(C)c1NCCC1CCNCC1. The molecule has 1 aliphatic rings. The van der Waals surface area contributed by atoms with Gasteiger partial charge in [-0.15, -0.1) is 0 Å². The molecule has 0 atom stereocenters. The second-order valence-electron chi connectivity index (χ2n) is 5.18. The first-order chi connectivity index (χ1) is 8.27. The van der Waals surface area contributed by atoms with Crippen molar-refractivity contribution >= 4 is 5.69 Å². The van der Waals surface area contributed by atoms with Crippen molar-refractivity contribution in [1.82, 2.24) is 5.32 Å². The maximum Gasteiger partial charge on any atom is 0.0399 e. The van der Waals surface area contributed by atoms with Crippen LogP contribution in [-0.2, 0) is 0 Å². The van der Waals surface area contributed by atoms with Crippen LogP contribution in [0.4, 0.5) is 5.69 Å². The van der Waals surface area contributed by atoms with Gasteiger partial charge in [0, 0.05) is 12.2 Å². The van der Waals surface area contributed by atoms with E-state index in [4.69, 9.17) is 0 Å². The number of benzene rings is 1. The zero-order chi connectivity index (χ0) is 12.1. The Hall–Kier alpha value is -1.02. The van der Waals surface area contributed by atoms with Crippen molar-refractivity contribution in [2.75, 3.05) is 25.0 Å². The highest BCUT2D eigenvalue weighted by Gasteiger charge is 2.12. The highest BCUT2D eigenvalue weighted by atomic mass is 14.9. The summed E-state index contributed by atoms with van der Waals surface area (Å²) in [6, 6.07) is 6.49. The molecule has 0 aliphatic carbocycles. The Morgan fingerprint density at radius 2 is 1.82 bits per heavy atom. The second-order valence-corrected chi connectivity index (χ2v) is 5.18. The smallest absolute Gasteiger partial charge is 0.0399 e. The molecule has 1 fully saturated rings. The van der Waals surface area contributed by atoms with E-state index in [0.717, 1.165) is 12.5 Å². The van der Waals surface area contributed by atoms with Crippen LogP contribution >= 0.6 is 0 Å². The number of aryl methyl sites for hydroxylation is 2. The molecule has 0 amide bonds. The Kier molecular flexibility index (Phi) is 4.43. The Balaban J connectivity index is 1.81. The average molecular weight is 232 g/mol. The van der Waals surface area contributed by atoms with Crippen LogP contribution in [0.5, 0.6) is 0 Å². The summed E-state index contributed by atoms with van der Waals surface area (Å²) in [6.45, 7) is 7.87. The van der Waals surface area contributed by atoms with Gasteiger partial charge in [0.05, 0.1) is 0 Å². The molecule has 2 nitrogen and oxygen atoms in total. The number of anilines is 1. The molecule has 0 saturated carbocycles. The molecule has 1 aliphatic heterocycles. The van der Waals surface area contributed by atoms with Crippen LogP contribution in [-0.4, -0.2) is 19.6 Å². The van der Waals surface area contributed by atoms with E-state index in [1.165, 1.54) is 49.2 Å². The minimum absolute atomic E-state index is 0.910. The molecule has 1 saturated heterocycles. The lowest BCUT2D eigenvalue weighted by Gasteiger charge is -2.23. The summed E-state index contributed by atoms with van der Waals surface area (Å²) < 4.78 is 0. The van der Waals surface area contributed by atoms with Crippen LogP contribution in [0.2, 0.25) is 0 Å². The Morgan fingerprint density at radius 1 is 1.18 bits per heavy atom. The van der Waals surface area contributed by atoms with Crippen LogP contribution in [0.25, 0.3) is 0 Å². The molecule has 1 heterocycles. The molecule has 2 rings (SSSR count). The Bertz CT molecular complexity index is 334. The normalized spacial score (nSPS) is 17.1. The van der Waals surface area contributed by atoms with E-state index >= 15 is 0 Å². The van der Waals surface area contributed by atoms with Gasteiger partial charge in [0.2, 0.25) is 0 Å². The standard InChI is InChI=1S/C15H24N2/c1-12-4-3-5-13(2)15(12)17-11-8-14-6-9-16-10-7-14/h3-5,14,16-17H,6-11H2,1-2H3. The van der Waals surface area contributed by atoms with Crippen molar-refractivity contribution in [3.8, 4) is 0 Å². The molecule has 0 radical (unpaired) electrons. The minimum atomic E-state index is 0.910. The van der Waals surface area contributed by atoms with Gasteiger partial charge < -0.3 is 10.6 Å². The van der Waals surface area contributed by atoms with E-state index in [1.807, 2.05) is 0 Å². The van der Waals surface area contributed by atoms with Crippen molar-refractivity contribution in [3.05, 3.63) is 29.3 Å². The van der Waals surface area contributed by atoms with Gasteiger partial charge in [-0.3, -0.25) is 0 Å². The van der Waals surface area contributed by atoms with Gasteiger partial charge in [0.15, 0.2) is 0 Å². The lowest BCUT2D eigenvalue weighted by atomic mass is 9.94. The molecule has 0 bridgehead atoms. The molecule has 0 unspecified atom stereocenters. The van der Waals surface area contributed by atoms with Gasteiger partial charge in [-0.1, -0.05) is 18.2 Å². The number of hydrogen-bond acceptors (Lipinski definition) is 2. The van der Waals surface area contributed by atoms with Crippen molar-refractivity contribution in [1.29, 1.82) is 0 Å². The summed E-state index contributed by atoms with van der Waals surface area (Å²) >= 11 is 0. The number of nitrogens with one attached hydrogen (secondary N) is 2. The lowest BCUT2D eigenvalue weighted by Crippen LogP contribution is -2.28. The first kappa shape index (κ1) is 12.4. The Labute approximate surface area is 105 Å². The molecule has 17 heavy (non-hydrogen) atoms. The van der Waals surface area contributed by atoms with Gasteiger partial charge >= 0.3 is 0 Å². The largest absolute Gasteiger partial charge is 0.385 e. The quantitative estimate of drug-likeness (QED) is 0.833. The maximum absolute atomic E-state index is 3.61. The van der Waals surface area contributed by atoms with Gasteiger partial charge in [0.25, 0.3) is 0 Å². The van der Waals surface area contributed by atoms with E-state index in [-0.39, 0.29) is 0 Å². The van der Waals surface area contributed by atoms with E-state index in [9.17, 15) is 0 Å². The van der Waals surface area contributed by atoms with Gasteiger partial charge in [-0.25, -0.2) is 0 Å². The molecular weight excluding hydrogens is 208 g/mol. The molecule has 2 N–H and O–H groups in total. The van der Waals surface area contributed by atoms with E-state index in [1.54, 1.807) is 0 Å². The number of rotatable bonds is 4. The maximum atomic E-state index is 3.61. The number of hydrogen-bond donors (Lipinski definition) is 2. The van der Waals surface area contributed by atoms with Crippen LogP contribution in [0, 0.1) is 19.8 Å². The van der Waals surface area contributed by atoms with Gasteiger partial charge in [-0.05, 0) is 63.2 Å². The lowest BCUT2D eigenvalue weighted by molar-refractivity contribution is 0.361. The molecule has 0 spiro atoms. The summed E-state index contributed by atoms with van der Waals surface area (Å²) in [4.78, 5) is 0. The fourth-order valence-electron chi connectivity index (χ4n) is 2.66. The van der Waals surface area contributed by atoms with Crippen LogP contribution in [0.15, 0.2) is 18.2 Å². The third-order valence-corrected chi connectivity index (χ3v) is 3.79. The predicted octanol–water partition coefficient (Wildman–Crippen LogP) is 3.11. The third-order valence-electron chi connectivity index (χ3n) is 3.79. The van der Waals surface area contributed by atoms with Crippen molar-refractivity contribution in [2.24, 2.45) is 5.92 Å². The van der Waals surface area contributed by atoms with Crippen molar-refractivity contribution in [2.45, 2.75) is 33.1 Å². The van der Waals surface area contributed by atoms with Crippen LogP contribution in [0.1, 0.15) is 30.4 Å². The Morgan fingerprint density at radius 3 is 2.47 bits per heavy atom. The number of piperidine rings is 1. The van der Waals surface area contributed by atoms with Crippen LogP contribution < -0.4 is 10.6 Å². The highest BCUT2D eigenvalue weighted by Crippen LogP contribution is 2.21. The molecule has 1 aromatic rings. The molecule has 0 aromatic heterocycles. The molecule has 1 aromatic carbocycles. The minimum Gasteiger partial charge on any atom is -0.385 e. The first-order valence-corrected chi connectivity index (χ1v) is 6.78. The van der Waals surface area contributed by atoms with Crippen molar-refractivity contribution < 1.29 is 0 Å². The number of para-hydroxylation sites is 1. The summed E-state index contributed by atoms with van der Waals surface area (Å²) in [5.74, 6) is 0.910. The molecule has 2 heteroatoms. The highest BCUT2D eigenvalue weighted by molar-refractivity contribution is 5.56. The average Bonchev–Trinajstić information content (AvgIpc) is 2.34. The van der Waals surface area contributed by atoms with Crippen molar-refractivity contribution in [3.63, 3.8) is 0 Å². The fourth-order valence-corrected chi connectivity index (χ4v) is 2.66. The monoisotopic (exact) mass is 232 g/mol. The van der Waals surface area contributed by atoms with E-state index < -0.39 is 0 Å². The topological polar surface area (TPSA) is 24.1 Å². The zero-order valence-corrected chi connectivity index (χ0v) is 11.1. The van der Waals surface area contributed by atoms with Crippen LogP contribution in [0.3, 0.4) is 0 Å². The fraction of sp³-hybridized carbons (Fsp3) is 0.600. The predicted molar refractivity (Wildman–Crippen MR) is 74.6 cm³/mol. The van der Waals surface area contributed by atoms with Gasteiger partial charge in [0.1, 0.15) is 0 Å². The molecule has 94 valence electrons. The van der Waals surface area contributed by atoms with E-state index in [0.29, 0.717) is 0 Å². The summed E-state index contributed by atoms with van der Waals surface area (Å²) in [7, 11) is 0. The second kappa shape index (κ2) is 6.06. The van der Waals surface area contributed by atoms with Gasteiger partial charge in [-0.2, -0.15) is 0 Å². The molecular formula is C15H24N2. The first-order valence-electron chi connectivity index (χ1n) is 6.78.